The number of benzene rings is 3. The quantitative estimate of drug-likeness (QED) is 0.329. The Labute approximate surface area is 216 Å². The minimum absolute atomic E-state index is 0.0171. The summed E-state index contributed by atoms with van der Waals surface area (Å²) in [6, 6.07) is 21.0. The van der Waals surface area contributed by atoms with Crippen LogP contribution in [0.4, 0.5) is 10.5 Å². The first-order chi connectivity index (χ1) is 17.3. The average molecular weight is 545 g/mol. The molecule has 1 aliphatic rings. The normalized spacial score (nSPS) is 13.9. The Morgan fingerprint density at radius 3 is 2.64 bits per heavy atom. The highest BCUT2D eigenvalue weighted by molar-refractivity contribution is 9.10. The molecular weight excluding hydrogens is 524 g/mol. The summed E-state index contributed by atoms with van der Waals surface area (Å²) < 4.78 is 6.68. The number of halogens is 1. The number of nitriles is 1. The van der Waals surface area contributed by atoms with E-state index in [9.17, 15) is 19.6 Å². The Bertz CT molecular complexity index is 1410. The number of amides is 4. The lowest BCUT2D eigenvalue weighted by Gasteiger charge is -2.12. The van der Waals surface area contributed by atoms with Gasteiger partial charge in [0, 0.05) is 21.3 Å². The van der Waals surface area contributed by atoms with E-state index in [0.29, 0.717) is 22.6 Å². The lowest BCUT2D eigenvalue weighted by atomic mass is 10.1. The summed E-state index contributed by atoms with van der Waals surface area (Å²) in [7, 11) is 0. The molecule has 9 heteroatoms. The minimum Gasteiger partial charge on any atom is -0.488 e. The summed E-state index contributed by atoms with van der Waals surface area (Å²) in [4.78, 5) is 38.6. The molecule has 36 heavy (non-hydrogen) atoms. The Balaban J connectivity index is 1.49. The molecule has 4 rings (SSSR count). The SMILES string of the molecule is Cc1ccc(NC(=O)CN2C(=O)N/C(=C/c3cc(Br)ccc3OCc3ccccc3C#N)C2=O)cc1. The van der Waals surface area contributed by atoms with Gasteiger partial charge in [-0.2, -0.15) is 5.26 Å². The van der Waals surface area contributed by atoms with Gasteiger partial charge < -0.3 is 15.4 Å². The van der Waals surface area contributed by atoms with Crippen molar-refractivity contribution in [2.75, 3.05) is 11.9 Å². The van der Waals surface area contributed by atoms with E-state index in [1.54, 1.807) is 48.5 Å². The number of aryl methyl sites for hydroxylation is 1. The molecule has 0 aliphatic carbocycles. The number of ether oxygens (including phenoxy) is 1. The summed E-state index contributed by atoms with van der Waals surface area (Å²) in [6.45, 7) is 1.65. The predicted octanol–water partition coefficient (Wildman–Crippen LogP) is 4.74. The molecule has 180 valence electrons. The van der Waals surface area contributed by atoms with Crippen molar-refractivity contribution in [3.8, 4) is 11.8 Å². The molecule has 0 saturated carbocycles. The molecule has 1 heterocycles. The number of imide groups is 1. The molecule has 0 bridgehead atoms. The molecule has 4 amide bonds. The summed E-state index contributed by atoms with van der Waals surface area (Å²) in [5, 5.41) is 14.5. The molecule has 0 spiro atoms. The monoisotopic (exact) mass is 544 g/mol. The molecular formula is C27H21BrN4O4. The minimum atomic E-state index is -0.689. The predicted molar refractivity (Wildman–Crippen MR) is 138 cm³/mol. The van der Waals surface area contributed by atoms with Crippen LogP contribution >= 0.6 is 15.9 Å². The first kappa shape index (κ1) is 24.7. The highest BCUT2D eigenvalue weighted by Gasteiger charge is 2.35. The van der Waals surface area contributed by atoms with Gasteiger partial charge in [-0.05, 0) is 49.4 Å². The zero-order chi connectivity index (χ0) is 25.7. The molecule has 3 aromatic carbocycles. The van der Waals surface area contributed by atoms with Crippen molar-refractivity contribution in [3.05, 3.63) is 99.2 Å². The van der Waals surface area contributed by atoms with Crippen LogP contribution in [0.25, 0.3) is 6.08 Å². The van der Waals surface area contributed by atoms with Gasteiger partial charge in [0.2, 0.25) is 5.91 Å². The van der Waals surface area contributed by atoms with Gasteiger partial charge in [-0.15, -0.1) is 0 Å². The number of hydrogen-bond donors (Lipinski definition) is 2. The van der Waals surface area contributed by atoms with Crippen molar-refractivity contribution < 1.29 is 19.1 Å². The van der Waals surface area contributed by atoms with Crippen LogP contribution < -0.4 is 15.4 Å². The largest absolute Gasteiger partial charge is 0.488 e. The fourth-order valence-electron chi connectivity index (χ4n) is 3.53. The van der Waals surface area contributed by atoms with Crippen molar-refractivity contribution in [1.82, 2.24) is 10.2 Å². The highest BCUT2D eigenvalue weighted by Crippen LogP contribution is 2.27. The van der Waals surface area contributed by atoms with Crippen LogP contribution in [0.5, 0.6) is 5.75 Å². The van der Waals surface area contributed by atoms with E-state index < -0.39 is 24.4 Å². The molecule has 0 unspecified atom stereocenters. The van der Waals surface area contributed by atoms with Crippen molar-refractivity contribution in [3.63, 3.8) is 0 Å². The number of hydrogen-bond acceptors (Lipinski definition) is 5. The third kappa shape index (κ3) is 5.79. The second-order valence-electron chi connectivity index (χ2n) is 8.03. The van der Waals surface area contributed by atoms with Gasteiger partial charge in [0.15, 0.2) is 0 Å². The van der Waals surface area contributed by atoms with E-state index in [2.05, 4.69) is 32.6 Å². The average Bonchev–Trinajstić information content (AvgIpc) is 3.12. The molecule has 1 aliphatic heterocycles. The maximum atomic E-state index is 12.9. The van der Waals surface area contributed by atoms with E-state index in [4.69, 9.17) is 4.74 Å². The molecule has 8 nitrogen and oxygen atoms in total. The summed E-state index contributed by atoms with van der Waals surface area (Å²) in [5.74, 6) is -0.665. The Kier molecular flexibility index (Phi) is 7.47. The van der Waals surface area contributed by atoms with E-state index in [1.807, 2.05) is 25.1 Å². The third-order valence-corrected chi connectivity index (χ3v) is 5.89. The lowest BCUT2D eigenvalue weighted by molar-refractivity contribution is -0.127. The van der Waals surface area contributed by atoms with Gasteiger partial charge in [0.05, 0.1) is 11.6 Å². The summed E-state index contributed by atoms with van der Waals surface area (Å²) in [5.41, 5.74) is 3.39. The van der Waals surface area contributed by atoms with Crippen molar-refractivity contribution >= 4 is 45.5 Å². The van der Waals surface area contributed by atoms with E-state index in [-0.39, 0.29) is 12.3 Å². The fraction of sp³-hybridized carbons (Fsp3) is 0.111. The Hall–Kier alpha value is -4.42. The van der Waals surface area contributed by atoms with Gasteiger partial charge in [-0.1, -0.05) is 51.8 Å². The lowest BCUT2D eigenvalue weighted by Crippen LogP contribution is -2.38. The number of carbonyl (C=O) groups excluding carboxylic acids is 3. The zero-order valence-electron chi connectivity index (χ0n) is 19.2. The highest BCUT2D eigenvalue weighted by atomic mass is 79.9. The number of nitrogens with one attached hydrogen (secondary N) is 2. The fourth-order valence-corrected chi connectivity index (χ4v) is 3.90. The second-order valence-corrected chi connectivity index (χ2v) is 8.95. The first-order valence-corrected chi connectivity index (χ1v) is 11.7. The summed E-state index contributed by atoms with van der Waals surface area (Å²) >= 11 is 3.41. The van der Waals surface area contributed by atoms with Crippen LogP contribution in [0.1, 0.15) is 22.3 Å². The Morgan fingerprint density at radius 2 is 1.89 bits per heavy atom. The van der Waals surface area contributed by atoms with Crippen molar-refractivity contribution in [2.45, 2.75) is 13.5 Å². The second kappa shape index (κ2) is 10.9. The molecule has 3 aromatic rings. The number of anilines is 1. The van der Waals surface area contributed by atoms with Crippen molar-refractivity contribution in [2.24, 2.45) is 0 Å². The van der Waals surface area contributed by atoms with Crippen LogP contribution in [0.15, 0.2) is 76.9 Å². The van der Waals surface area contributed by atoms with Gasteiger partial charge in [0.1, 0.15) is 24.6 Å². The van der Waals surface area contributed by atoms with E-state index in [0.717, 1.165) is 20.5 Å². The number of rotatable bonds is 7. The van der Waals surface area contributed by atoms with Gasteiger partial charge in [-0.25, -0.2) is 9.69 Å². The van der Waals surface area contributed by atoms with Crippen molar-refractivity contribution in [1.29, 1.82) is 5.26 Å². The Morgan fingerprint density at radius 1 is 1.14 bits per heavy atom. The maximum absolute atomic E-state index is 12.9. The molecule has 0 atom stereocenters. The molecule has 2 N–H and O–H groups in total. The van der Waals surface area contributed by atoms with Gasteiger partial charge in [0.25, 0.3) is 5.91 Å². The van der Waals surface area contributed by atoms with Crippen LogP contribution in [0, 0.1) is 18.3 Å². The summed E-state index contributed by atoms with van der Waals surface area (Å²) in [6.07, 6.45) is 1.49. The number of nitrogens with zero attached hydrogens (tertiary/aromatic N) is 2. The topological polar surface area (TPSA) is 112 Å². The smallest absolute Gasteiger partial charge is 0.329 e. The standard InChI is InChI=1S/C27H21BrN4O4/c1-17-6-9-22(10-7-17)30-25(33)15-32-26(34)23(31-27(32)35)13-20-12-21(28)8-11-24(20)36-16-19-5-3-2-4-18(19)14-29/h2-13H,15-16H2,1H3,(H,30,33)(H,31,35)/b23-13+. The zero-order valence-corrected chi connectivity index (χ0v) is 20.8. The third-order valence-electron chi connectivity index (χ3n) is 5.39. The molecule has 0 aromatic heterocycles. The number of urea groups is 1. The van der Waals surface area contributed by atoms with E-state index in [1.165, 1.54) is 6.08 Å². The molecule has 0 radical (unpaired) electrons. The van der Waals surface area contributed by atoms with Crippen LogP contribution in [-0.4, -0.2) is 29.3 Å². The maximum Gasteiger partial charge on any atom is 0.329 e. The molecule has 1 saturated heterocycles. The molecule has 1 fully saturated rings. The van der Waals surface area contributed by atoms with Gasteiger partial charge in [-0.3, -0.25) is 9.59 Å². The van der Waals surface area contributed by atoms with Crippen LogP contribution in [0.2, 0.25) is 0 Å². The number of carbonyl (C=O) groups is 3. The first-order valence-electron chi connectivity index (χ1n) is 11.0. The van der Waals surface area contributed by atoms with Crippen LogP contribution in [-0.2, 0) is 16.2 Å². The van der Waals surface area contributed by atoms with Crippen LogP contribution in [0.3, 0.4) is 0 Å². The van der Waals surface area contributed by atoms with Gasteiger partial charge >= 0.3 is 6.03 Å². The van der Waals surface area contributed by atoms with E-state index >= 15 is 0 Å².